The number of carbonyl (C=O) groups excluding carboxylic acids is 1. The molecular formula is C13H16O3. The highest BCUT2D eigenvalue weighted by molar-refractivity contribution is 5.91. The molecule has 0 heterocycles. The molecule has 1 rings (SSSR count). The smallest absolute Gasteiger partial charge is 0.373 e. The zero-order chi connectivity index (χ0) is 11.8. The molecule has 0 saturated heterocycles. The van der Waals surface area contributed by atoms with E-state index in [2.05, 4.69) is 0 Å². The third kappa shape index (κ3) is 3.77. The van der Waals surface area contributed by atoms with Crippen LogP contribution in [0.15, 0.2) is 36.1 Å². The second-order valence-corrected chi connectivity index (χ2v) is 3.07. The Morgan fingerprint density at radius 2 is 1.75 bits per heavy atom. The molecule has 16 heavy (non-hydrogen) atoms. The van der Waals surface area contributed by atoms with Crippen LogP contribution in [0.5, 0.6) is 0 Å². The third-order valence-corrected chi connectivity index (χ3v) is 1.87. The average molecular weight is 220 g/mol. The molecule has 0 bridgehead atoms. The molecule has 0 spiro atoms. The molecule has 0 aliphatic rings. The maximum atomic E-state index is 11.5. The van der Waals surface area contributed by atoms with Gasteiger partial charge >= 0.3 is 5.97 Å². The fourth-order valence-corrected chi connectivity index (χ4v) is 1.22. The van der Waals surface area contributed by atoms with Crippen molar-refractivity contribution in [1.29, 1.82) is 0 Å². The lowest BCUT2D eigenvalue weighted by molar-refractivity contribution is -0.142. The van der Waals surface area contributed by atoms with E-state index < -0.39 is 5.97 Å². The first-order valence-corrected chi connectivity index (χ1v) is 5.34. The summed E-state index contributed by atoms with van der Waals surface area (Å²) in [6, 6.07) is 9.53. The average Bonchev–Trinajstić information content (AvgIpc) is 2.30. The Kier molecular flexibility index (Phi) is 5.12. The molecule has 0 N–H and O–H groups in total. The number of hydrogen-bond acceptors (Lipinski definition) is 3. The van der Waals surface area contributed by atoms with Crippen molar-refractivity contribution in [2.75, 3.05) is 13.2 Å². The van der Waals surface area contributed by atoms with Crippen LogP contribution < -0.4 is 0 Å². The van der Waals surface area contributed by atoms with E-state index in [0.29, 0.717) is 13.2 Å². The van der Waals surface area contributed by atoms with Crippen molar-refractivity contribution >= 4 is 12.0 Å². The van der Waals surface area contributed by atoms with E-state index in [-0.39, 0.29) is 5.76 Å². The lowest BCUT2D eigenvalue weighted by Crippen LogP contribution is -2.10. The molecule has 0 saturated carbocycles. The Balaban J connectivity index is 2.84. The standard InChI is InChI=1S/C13H16O3/c1-3-15-12(13(14)16-4-2)10-11-8-6-5-7-9-11/h5-10H,3-4H2,1-2H3. The Morgan fingerprint density at radius 1 is 1.12 bits per heavy atom. The number of ether oxygens (including phenoxy) is 2. The van der Waals surface area contributed by atoms with Gasteiger partial charge in [-0.3, -0.25) is 0 Å². The van der Waals surface area contributed by atoms with Crippen LogP contribution >= 0.6 is 0 Å². The molecule has 3 heteroatoms. The van der Waals surface area contributed by atoms with Gasteiger partial charge < -0.3 is 9.47 Å². The van der Waals surface area contributed by atoms with E-state index in [0.717, 1.165) is 5.56 Å². The van der Waals surface area contributed by atoms with Crippen LogP contribution in [-0.4, -0.2) is 19.2 Å². The van der Waals surface area contributed by atoms with Gasteiger partial charge in [-0.25, -0.2) is 4.79 Å². The van der Waals surface area contributed by atoms with Crippen molar-refractivity contribution in [3.05, 3.63) is 41.7 Å². The zero-order valence-electron chi connectivity index (χ0n) is 9.60. The molecule has 0 unspecified atom stereocenters. The van der Waals surface area contributed by atoms with E-state index in [9.17, 15) is 4.79 Å². The van der Waals surface area contributed by atoms with Crippen LogP contribution in [0.2, 0.25) is 0 Å². The zero-order valence-corrected chi connectivity index (χ0v) is 9.60. The van der Waals surface area contributed by atoms with E-state index in [1.165, 1.54) is 0 Å². The number of esters is 1. The first kappa shape index (κ1) is 12.3. The van der Waals surface area contributed by atoms with Crippen molar-refractivity contribution in [2.45, 2.75) is 13.8 Å². The van der Waals surface area contributed by atoms with Crippen LogP contribution in [0.25, 0.3) is 6.08 Å². The second-order valence-electron chi connectivity index (χ2n) is 3.07. The van der Waals surface area contributed by atoms with Gasteiger partial charge in [0.25, 0.3) is 0 Å². The third-order valence-electron chi connectivity index (χ3n) is 1.87. The maximum Gasteiger partial charge on any atom is 0.373 e. The van der Waals surface area contributed by atoms with E-state index in [4.69, 9.17) is 9.47 Å². The van der Waals surface area contributed by atoms with Gasteiger partial charge in [0, 0.05) is 0 Å². The number of carbonyl (C=O) groups is 1. The fourth-order valence-electron chi connectivity index (χ4n) is 1.22. The molecule has 0 amide bonds. The van der Waals surface area contributed by atoms with Crippen LogP contribution in [0.4, 0.5) is 0 Å². The summed E-state index contributed by atoms with van der Waals surface area (Å²) < 4.78 is 10.1. The molecule has 0 aliphatic heterocycles. The van der Waals surface area contributed by atoms with Gasteiger partial charge in [0.1, 0.15) is 0 Å². The number of benzene rings is 1. The first-order chi connectivity index (χ1) is 7.77. The summed E-state index contributed by atoms with van der Waals surface area (Å²) in [6.07, 6.45) is 1.68. The summed E-state index contributed by atoms with van der Waals surface area (Å²) in [6.45, 7) is 4.39. The predicted octanol–water partition coefficient (Wildman–Crippen LogP) is 2.63. The Hall–Kier alpha value is -1.77. The minimum Gasteiger partial charge on any atom is -0.487 e. The van der Waals surface area contributed by atoms with Crippen molar-refractivity contribution in [3.8, 4) is 0 Å². The number of rotatable bonds is 5. The number of hydrogen-bond donors (Lipinski definition) is 0. The first-order valence-electron chi connectivity index (χ1n) is 5.34. The topological polar surface area (TPSA) is 35.5 Å². The van der Waals surface area contributed by atoms with Crippen LogP contribution in [0.3, 0.4) is 0 Å². The Bertz CT molecular complexity index is 355. The lowest BCUT2D eigenvalue weighted by Gasteiger charge is -2.07. The van der Waals surface area contributed by atoms with E-state index in [1.54, 1.807) is 13.0 Å². The molecule has 3 nitrogen and oxygen atoms in total. The minimum absolute atomic E-state index is 0.246. The summed E-state index contributed by atoms with van der Waals surface area (Å²) in [5.74, 6) is -0.177. The highest BCUT2D eigenvalue weighted by Crippen LogP contribution is 2.09. The van der Waals surface area contributed by atoms with Crippen molar-refractivity contribution in [1.82, 2.24) is 0 Å². The molecule has 0 atom stereocenters. The summed E-state index contributed by atoms with van der Waals surface area (Å²) in [4.78, 5) is 11.5. The fraction of sp³-hybridized carbons (Fsp3) is 0.308. The van der Waals surface area contributed by atoms with Crippen LogP contribution in [0, 0.1) is 0 Å². The van der Waals surface area contributed by atoms with Gasteiger partial charge in [0.05, 0.1) is 13.2 Å². The summed E-state index contributed by atoms with van der Waals surface area (Å²) >= 11 is 0. The normalized spacial score (nSPS) is 11.0. The summed E-state index contributed by atoms with van der Waals surface area (Å²) in [5.41, 5.74) is 0.916. The Labute approximate surface area is 95.7 Å². The van der Waals surface area contributed by atoms with E-state index >= 15 is 0 Å². The molecule has 1 aromatic carbocycles. The second kappa shape index (κ2) is 6.67. The summed E-state index contributed by atoms with van der Waals surface area (Å²) in [5, 5.41) is 0. The molecule has 0 fully saturated rings. The summed E-state index contributed by atoms with van der Waals surface area (Å²) in [7, 11) is 0. The van der Waals surface area contributed by atoms with Crippen LogP contribution in [-0.2, 0) is 14.3 Å². The van der Waals surface area contributed by atoms with Gasteiger partial charge in [0.15, 0.2) is 0 Å². The van der Waals surface area contributed by atoms with Gasteiger partial charge in [-0.05, 0) is 25.5 Å². The quantitative estimate of drug-likeness (QED) is 0.434. The molecular weight excluding hydrogens is 204 g/mol. The monoisotopic (exact) mass is 220 g/mol. The highest BCUT2D eigenvalue weighted by atomic mass is 16.6. The van der Waals surface area contributed by atoms with Gasteiger partial charge in [0.2, 0.25) is 5.76 Å². The van der Waals surface area contributed by atoms with Gasteiger partial charge in [-0.1, -0.05) is 30.3 Å². The molecule has 86 valence electrons. The largest absolute Gasteiger partial charge is 0.487 e. The molecule has 0 radical (unpaired) electrons. The van der Waals surface area contributed by atoms with Crippen molar-refractivity contribution < 1.29 is 14.3 Å². The van der Waals surface area contributed by atoms with Crippen molar-refractivity contribution in [2.24, 2.45) is 0 Å². The lowest BCUT2D eigenvalue weighted by atomic mass is 10.2. The minimum atomic E-state index is -0.423. The van der Waals surface area contributed by atoms with Gasteiger partial charge in [-0.2, -0.15) is 0 Å². The maximum absolute atomic E-state index is 11.5. The predicted molar refractivity (Wildman–Crippen MR) is 62.7 cm³/mol. The Morgan fingerprint density at radius 3 is 2.31 bits per heavy atom. The molecule has 1 aromatic rings. The molecule has 0 aromatic heterocycles. The van der Waals surface area contributed by atoms with E-state index in [1.807, 2.05) is 37.3 Å². The van der Waals surface area contributed by atoms with Gasteiger partial charge in [-0.15, -0.1) is 0 Å². The van der Waals surface area contributed by atoms with Crippen molar-refractivity contribution in [3.63, 3.8) is 0 Å². The molecule has 0 aliphatic carbocycles. The van der Waals surface area contributed by atoms with Crippen LogP contribution in [0.1, 0.15) is 19.4 Å². The SMILES string of the molecule is CCOC(=O)C(=Cc1ccccc1)OCC. The highest BCUT2D eigenvalue weighted by Gasteiger charge is 2.11.